The topological polar surface area (TPSA) is 54.0 Å². The molecule has 0 spiro atoms. The maximum absolute atomic E-state index is 12.4. The van der Waals surface area contributed by atoms with Gasteiger partial charge in [-0.15, -0.1) is 0 Å². The van der Waals surface area contributed by atoms with Gasteiger partial charge in [-0.3, -0.25) is 4.79 Å². The number of nitrogens with zero attached hydrogens (tertiary/aromatic N) is 1. The van der Waals surface area contributed by atoms with Gasteiger partial charge in [0.2, 0.25) is 0 Å². The van der Waals surface area contributed by atoms with Crippen LogP contribution in [0.25, 0.3) is 0 Å². The molecule has 1 atom stereocenters. The Hall–Kier alpha value is -1.29. The first-order chi connectivity index (χ1) is 10.1. The molecule has 1 unspecified atom stereocenters. The fourth-order valence-electron chi connectivity index (χ4n) is 2.84. The normalized spacial score (nSPS) is 16.7. The van der Waals surface area contributed by atoms with Gasteiger partial charge in [0.25, 0.3) is 5.91 Å². The zero-order chi connectivity index (χ0) is 15.2. The molecule has 116 valence electrons. The second-order valence-corrected chi connectivity index (χ2v) is 6.18. The third kappa shape index (κ3) is 4.60. The summed E-state index contributed by atoms with van der Waals surface area (Å²) in [7, 11) is 0. The van der Waals surface area contributed by atoms with E-state index in [2.05, 4.69) is 29.5 Å². The molecule has 0 aromatic carbocycles. The molecule has 2 rings (SSSR count). The van der Waals surface area contributed by atoms with E-state index in [1.807, 2.05) is 0 Å². The monoisotopic (exact) mass is 309 g/mol. The number of amides is 1. The molecule has 1 amide bonds. The van der Waals surface area contributed by atoms with Crippen LogP contribution in [-0.2, 0) is 0 Å². The first-order valence-electron chi connectivity index (χ1n) is 7.82. The van der Waals surface area contributed by atoms with E-state index in [9.17, 15) is 4.79 Å². The Balaban J connectivity index is 2.02. The molecule has 1 saturated carbocycles. The largest absolute Gasteiger partial charge is 0.370 e. The molecular weight excluding hydrogens is 286 g/mol. The summed E-state index contributed by atoms with van der Waals surface area (Å²) in [5.74, 6) is 1.19. The molecule has 5 heteroatoms. The van der Waals surface area contributed by atoms with E-state index < -0.39 is 0 Å². The van der Waals surface area contributed by atoms with Crippen LogP contribution < -0.4 is 10.6 Å². The van der Waals surface area contributed by atoms with Gasteiger partial charge < -0.3 is 10.6 Å². The van der Waals surface area contributed by atoms with Crippen molar-refractivity contribution in [1.82, 2.24) is 10.3 Å². The minimum atomic E-state index is -0.0711. The van der Waals surface area contributed by atoms with Crippen molar-refractivity contribution in [3.8, 4) is 0 Å². The van der Waals surface area contributed by atoms with Gasteiger partial charge in [-0.2, -0.15) is 0 Å². The SMILES string of the molecule is CCCNc1cc(C(=O)NC(C)C2CCCC2)cc(Cl)n1. The Bertz CT molecular complexity index is 486. The minimum absolute atomic E-state index is 0.0711. The third-order valence-corrected chi connectivity index (χ3v) is 4.27. The summed E-state index contributed by atoms with van der Waals surface area (Å²) in [4.78, 5) is 16.5. The number of hydrogen-bond donors (Lipinski definition) is 2. The van der Waals surface area contributed by atoms with Crippen molar-refractivity contribution in [2.24, 2.45) is 5.92 Å². The number of halogens is 1. The Labute approximate surface area is 131 Å². The van der Waals surface area contributed by atoms with Crippen LogP contribution in [0, 0.1) is 5.92 Å². The van der Waals surface area contributed by atoms with Crippen molar-refractivity contribution < 1.29 is 4.79 Å². The highest BCUT2D eigenvalue weighted by atomic mass is 35.5. The molecule has 0 radical (unpaired) electrons. The highest BCUT2D eigenvalue weighted by molar-refractivity contribution is 6.29. The molecule has 1 aliphatic rings. The number of carbonyl (C=O) groups excluding carboxylic acids is 1. The van der Waals surface area contributed by atoms with Gasteiger partial charge in [-0.1, -0.05) is 31.4 Å². The molecule has 1 aromatic heterocycles. The Morgan fingerprint density at radius 3 is 2.81 bits per heavy atom. The first kappa shape index (κ1) is 16.1. The second kappa shape index (κ2) is 7.64. The summed E-state index contributed by atoms with van der Waals surface area (Å²) < 4.78 is 0. The highest BCUT2D eigenvalue weighted by Gasteiger charge is 2.23. The zero-order valence-electron chi connectivity index (χ0n) is 12.8. The number of carbonyl (C=O) groups is 1. The molecule has 1 aromatic rings. The van der Waals surface area contributed by atoms with E-state index >= 15 is 0 Å². The summed E-state index contributed by atoms with van der Waals surface area (Å²) in [5, 5.41) is 6.60. The summed E-state index contributed by atoms with van der Waals surface area (Å²) >= 11 is 6.01. The van der Waals surface area contributed by atoms with E-state index in [0.717, 1.165) is 13.0 Å². The van der Waals surface area contributed by atoms with Crippen molar-refractivity contribution in [1.29, 1.82) is 0 Å². The molecule has 0 saturated heterocycles. The number of anilines is 1. The van der Waals surface area contributed by atoms with Crippen molar-refractivity contribution >= 4 is 23.3 Å². The third-order valence-electron chi connectivity index (χ3n) is 4.08. The van der Waals surface area contributed by atoms with E-state index in [1.54, 1.807) is 12.1 Å². The Morgan fingerprint density at radius 2 is 2.14 bits per heavy atom. The van der Waals surface area contributed by atoms with Crippen molar-refractivity contribution in [3.05, 3.63) is 22.8 Å². The quantitative estimate of drug-likeness (QED) is 0.784. The lowest BCUT2D eigenvalue weighted by molar-refractivity contribution is 0.0927. The van der Waals surface area contributed by atoms with Crippen molar-refractivity contribution in [3.63, 3.8) is 0 Å². The standard InChI is InChI=1S/C16H24ClN3O/c1-3-8-18-15-10-13(9-14(17)20-15)16(21)19-11(2)12-6-4-5-7-12/h9-12H,3-8H2,1-2H3,(H,18,20)(H,19,21). The maximum atomic E-state index is 12.4. The van der Waals surface area contributed by atoms with Crippen molar-refractivity contribution in [2.75, 3.05) is 11.9 Å². The Morgan fingerprint density at radius 1 is 1.43 bits per heavy atom. The van der Waals surface area contributed by atoms with Gasteiger partial charge in [-0.05, 0) is 44.2 Å². The molecule has 0 aliphatic heterocycles. The molecule has 2 N–H and O–H groups in total. The molecule has 1 heterocycles. The smallest absolute Gasteiger partial charge is 0.251 e. The van der Waals surface area contributed by atoms with Crippen LogP contribution in [0.1, 0.15) is 56.3 Å². The van der Waals surface area contributed by atoms with E-state index in [0.29, 0.717) is 22.5 Å². The molecule has 1 fully saturated rings. The van der Waals surface area contributed by atoms with Gasteiger partial charge in [0, 0.05) is 18.2 Å². The molecule has 0 bridgehead atoms. The van der Waals surface area contributed by atoms with Gasteiger partial charge >= 0.3 is 0 Å². The average molecular weight is 310 g/mol. The van der Waals surface area contributed by atoms with Crippen LogP contribution >= 0.6 is 11.6 Å². The van der Waals surface area contributed by atoms with Gasteiger partial charge in [0.1, 0.15) is 11.0 Å². The number of aromatic nitrogens is 1. The first-order valence-corrected chi connectivity index (χ1v) is 8.20. The second-order valence-electron chi connectivity index (χ2n) is 5.80. The van der Waals surface area contributed by atoms with Crippen LogP contribution in [0.15, 0.2) is 12.1 Å². The van der Waals surface area contributed by atoms with Crippen LogP contribution in [-0.4, -0.2) is 23.5 Å². The lowest BCUT2D eigenvalue weighted by Gasteiger charge is -2.20. The van der Waals surface area contributed by atoms with Crippen LogP contribution in [0.3, 0.4) is 0 Å². The Kier molecular flexibility index (Phi) is 5.85. The highest BCUT2D eigenvalue weighted by Crippen LogP contribution is 2.27. The summed E-state index contributed by atoms with van der Waals surface area (Å²) in [6.45, 7) is 4.98. The molecule has 21 heavy (non-hydrogen) atoms. The van der Waals surface area contributed by atoms with Crippen LogP contribution in [0.4, 0.5) is 5.82 Å². The van der Waals surface area contributed by atoms with Crippen molar-refractivity contribution in [2.45, 2.75) is 52.0 Å². The minimum Gasteiger partial charge on any atom is -0.370 e. The summed E-state index contributed by atoms with van der Waals surface area (Å²) in [5.41, 5.74) is 0.568. The predicted molar refractivity (Wildman–Crippen MR) is 86.9 cm³/mol. The lowest BCUT2D eigenvalue weighted by atomic mass is 9.99. The number of nitrogens with one attached hydrogen (secondary N) is 2. The summed E-state index contributed by atoms with van der Waals surface area (Å²) in [6, 6.07) is 3.59. The van der Waals surface area contributed by atoms with Gasteiger partial charge in [-0.25, -0.2) is 4.98 Å². The summed E-state index contributed by atoms with van der Waals surface area (Å²) in [6.07, 6.45) is 5.96. The van der Waals surface area contributed by atoms with Gasteiger partial charge in [0.15, 0.2) is 0 Å². The fraction of sp³-hybridized carbons (Fsp3) is 0.625. The van der Waals surface area contributed by atoms with E-state index in [4.69, 9.17) is 11.6 Å². The van der Waals surface area contributed by atoms with Crippen LogP contribution in [0.2, 0.25) is 5.15 Å². The van der Waals surface area contributed by atoms with E-state index in [1.165, 1.54) is 25.7 Å². The zero-order valence-corrected chi connectivity index (χ0v) is 13.5. The van der Waals surface area contributed by atoms with E-state index in [-0.39, 0.29) is 11.9 Å². The number of rotatable bonds is 6. The number of pyridine rings is 1. The number of hydrogen-bond acceptors (Lipinski definition) is 3. The molecular formula is C16H24ClN3O. The average Bonchev–Trinajstić information content (AvgIpc) is 2.98. The van der Waals surface area contributed by atoms with Gasteiger partial charge in [0.05, 0.1) is 0 Å². The van der Waals surface area contributed by atoms with Crippen LogP contribution in [0.5, 0.6) is 0 Å². The predicted octanol–water partition coefficient (Wildman–Crippen LogP) is 3.87. The molecule has 1 aliphatic carbocycles. The fourth-order valence-corrected chi connectivity index (χ4v) is 3.05. The lowest BCUT2D eigenvalue weighted by Crippen LogP contribution is -2.37. The maximum Gasteiger partial charge on any atom is 0.251 e. The molecule has 4 nitrogen and oxygen atoms in total.